The first kappa shape index (κ1) is 13.2. The monoisotopic (exact) mass is 240 g/mol. The average molecular weight is 240 g/mol. The van der Waals surface area contributed by atoms with Crippen molar-refractivity contribution in [3.8, 4) is 0 Å². The van der Waals surface area contributed by atoms with Gasteiger partial charge in [-0.15, -0.1) is 0 Å². The Morgan fingerprint density at radius 2 is 2.19 bits per heavy atom. The van der Waals surface area contributed by atoms with E-state index in [1.165, 1.54) is 5.56 Å². The van der Waals surface area contributed by atoms with E-state index in [-0.39, 0.29) is 11.9 Å². The Hall–Kier alpha value is -0.870. The van der Waals surface area contributed by atoms with Crippen LogP contribution in [-0.2, 0) is 11.3 Å². The molecular weight excluding hydrogens is 220 g/mol. The Balaban J connectivity index is 2.15. The molecule has 0 radical (unpaired) electrons. The van der Waals surface area contributed by atoms with Crippen LogP contribution in [0.5, 0.6) is 0 Å². The molecular formula is C12H20N2OS. The van der Waals surface area contributed by atoms with Crippen molar-refractivity contribution in [2.24, 2.45) is 5.92 Å². The highest BCUT2D eigenvalue weighted by atomic mass is 32.1. The molecule has 1 amide bonds. The Kier molecular flexibility index (Phi) is 5.49. The second-order valence-corrected chi connectivity index (χ2v) is 5.12. The molecule has 0 saturated heterocycles. The van der Waals surface area contributed by atoms with Gasteiger partial charge >= 0.3 is 0 Å². The molecule has 0 spiro atoms. The topological polar surface area (TPSA) is 41.1 Å². The van der Waals surface area contributed by atoms with Gasteiger partial charge in [-0.2, -0.15) is 11.3 Å². The van der Waals surface area contributed by atoms with E-state index < -0.39 is 0 Å². The van der Waals surface area contributed by atoms with Gasteiger partial charge < -0.3 is 10.6 Å². The first-order valence-corrected chi connectivity index (χ1v) is 6.55. The highest BCUT2D eigenvalue weighted by Gasteiger charge is 2.09. The summed E-state index contributed by atoms with van der Waals surface area (Å²) < 4.78 is 0. The van der Waals surface area contributed by atoms with Crippen LogP contribution in [0.3, 0.4) is 0 Å². The van der Waals surface area contributed by atoms with E-state index in [4.69, 9.17) is 0 Å². The molecule has 16 heavy (non-hydrogen) atoms. The summed E-state index contributed by atoms with van der Waals surface area (Å²) in [7, 11) is 0. The molecule has 0 aromatic carbocycles. The van der Waals surface area contributed by atoms with Gasteiger partial charge in [0.1, 0.15) is 0 Å². The molecule has 1 unspecified atom stereocenters. The van der Waals surface area contributed by atoms with Gasteiger partial charge in [-0.05, 0) is 35.2 Å². The van der Waals surface area contributed by atoms with Crippen molar-refractivity contribution in [3.63, 3.8) is 0 Å². The number of carbonyl (C=O) groups is 1. The number of hydrogen-bond donors (Lipinski definition) is 2. The molecule has 0 aliphatic rings. The molecule has 0 aliphatic carbocycles. The molecule has 2 N–H and O–H groups in total. The standard InChI is InChI=1S/C12H20N2OS/c1-9(2)10(3)14-12(15)7-13-6-11-4-5-16-8-11/h4-5,8-10,13H,6-7H2,1-3H3,(H,14,15). The van der Waals surface area contributed by atoms with Crippen molar-refractivity contribution < 1.29 is 4.79 Å². The van der Waals surface area contributed by atoms with Crippen molar-refractivity contribution >= 4 is 17.2 Å². The number of nitrogens with one attached hydrogen (secondary N) is 2. The lowest BCUT2D eigenvalue weighted by atomic mass is 10.1. The minimum Gasteiger partial charge on any atom is -0.352 e. The molecule has 0 saturated carbocycles. The van der Waals surface area contributed by atoms with Crippen LogP contribution in [0.2, 0.25) is 0 Å². The molecule has 0 fully saturated rings. The van der Waals surface area contributed by atoms with E-state index in [0.29, 0.717) is 12.5 Å². The molecule has 1 rings (SSSR count). The quantitative estimate of drug-likeness (QED) is 0.798. The molecule has 1 aromatic rings. The van der Waals surface area contributed by atoms with E-state index in [1.54, 1.807) is 11.3 Å². The first-order chi connectivity index (χ1) is 7.59. The predicted octanol–water partition coefficient (Wildman–Crippen LogP) is 2.00. The third-order valence-corrected chi connectivity index (χ3v) is 3.32. The fourth-order valence-corrected chi connectivity index (χ4v) is 1.85. The summed E-state index contributed by atoms with van der Waals surface area (Å²) >= 11 is 1.67. The van der Waals surface area contributed by atoms with Crippen LogP contribution in [0.4, 0.5) is 0 Å². The smallest absolute Gasteiger partial charge is 0.234 e. The molecule has 4 heteroatoms. The van der Waals surface area contributed by atoms with E-state index >= 15 is 0 Å². The fraction of sp³-hybridized carbons (Fsp3) is 0.583. The van der Waals surface area contributed by atoms with E-state index in [2.05, 4.69) is 35.9 Å². The van der Waals surface area contributed by atoms with Crippen LogP contribution in [0.15, 0.2) is 16.8 Å². The predicted molar refractivity (Wildman–Crippen MR) is 68.5 cm³/mol. The maximum absolute atomic E-state index is 11.5. The van der Waals surface area contributed by atoms with Crippen LogP contribution in [0.1, 0.15) is 26.3 Å². The Morgan fingerprint density at radius 1 is 1.44 bits per heavy atom. The lowest BCUT2D eigenvalue weighted by molar-refractivity contribution is -0.121. The molecule has 1 aromatic heterocycles. The van der Waals surface area contributed by atoms with Crippen molar-refractivity contribution in [1.29, 1.82) is 0 Å². The summed E-state index contributed by atoms with van der Waals surface area (Å²) in [6, 6.07) is 2.29. The lowest BCUT2D eigenvalue weighted by Gasteiger charge is -2.17. The SMILES string of the molecule is CC(C)C(C)NC(=O)CNCc1ccsc1. The summed E-state index contributed by atoms with van der Waals surface area (Å²) in [5, 5.41) is 10.2. The van der Waals surface area contributed by atoms with E-state index in [9.17, 15) is 4.79 Å². The number of carbonyl (C=O) groups excluding carboxylic acids is 1. The van der Waals surface area contributed by atoms with Crippen LogP contribution in [-0.4, -0.2) is 18.5 Å². The zero-order valence-corrected chi connectivity index (χ0v) is 10.9. The number of rotatable bonds is 6. The van der Waals surface area contributed by atoms with Gasteiger partial charge in [0.2, 0.25) is 5.91 Å². The molecule has 90 valence electrons. The second kappa shape index (κ2) is 6.66. The third-order valence-electron chi connectivity index (χ3n) is 2.58. The molecule has 0 aliphatic heterocycles. The van der Waals surface area contributed by atoms with Crippen molar-refractivity contribution in [2.45, 2.75) is 33.4 Å². The van der Waals surface area contributed by atoms with Crippen molar-refractivity contribution in [2.75, 3.05) is 6.54 Å². The molecule has 1 heterocycles. The minimum absolute atomic E-state index is 0.0661. The van der Waals surface area contributed by atoms with Gasteiger partial charge in [0.05, 0.1) is 6.54 Å². The highest BCUT2D eigenvalue weighted by molar-refractivity contribution is 7.07. The van der Waals surface area contributed by atoms with E-state index in [1.807, 2.05) is 12.3 Å². The Morgan fingerprint density at radius 3 is 2.75 bits per heavy atom. The largest absolute Gasteiger partial charge is 0.352 e. The van der Waals surface area contributed by atoms with Crippen LogP contribution in [0.25, 0.3) is 0 Å². The second-order valence-electron chi connectivity index (χ2n) is 4.34. The normalized spacial score (nSPS) is 12.8. The van der Waals surface area contributed by atoms with Gasteiger partial charge in [-0.1, -0.05) is 13.8 Å². The third kappa shape index (κ3) is 4.77. The molecule has 1 atom stereocenters. The summed E-state index contributed by atoms with van der Waals surface area (Å²) in [6.45, 7) is 7.37. The van der Waals surface area contributed by atoms with Crippen LogP contribution >= 0.6 is 11.3 Å². The lowest BCUT2D eigenvalue weighted by Crippen LogP contribution is -2.41. The Labute approximate surface area is 101 Å². The van der Waals surface area contributed by atoms with Gasteiger partial charge in [0, 0.05) is 12.6 Å². The fourth-order valence-electron chi connectivity index (χ4n) is 1.19. The van der Waals surface area contributed by atoms with Crippen LogP contribution < -0.4 is 10.6 Å². The Bertz CT molecular complexity index is 309. The van der Waals surface area contributed by atoms with Gasteiger partial charge in [0.15, 0.2) is 0 Å². The average Bonchev–Trinajstić information content (AvgIpc) is 2.70. The first-order valence-electron chi connectivity index (χ1n) is 5.60. The summed E-state index contributed by atoms with van der Waals surface area (Å²) in [5.41, 5.74) is 1.23. The van der Waals surface area contributed by atoms with Crippen molar-refractivity contribution in [1.82, 2.24) is 10.6 Å². The van der Waals surface area contributed by atoms with Gasteiger partial charge in [-0.3, -0.25) is 4.79 Å². The zero-order chi connectivity index (χ0) is 12.0. The summed E-state index contributed by atoms with van der Waals surface area (Å²) in [6.07, 6.45) is 0. The van der Waals surface area contributed by atoms with Crippen LogP contribution in [0, 0.1) is 5.92 Å². The van der Waals surface area contributed by atoms with E-state index in [0.717, 1.165) is 6.54 Å². The zero-order valence-electron chi connectivity index (χ0n) is 10.1. The highest BCUT2D eigenvalue weighted by Crippen LogP contribution is 2.04. The molecule has 0 bridgehead atoms. The van der Waals surface area contributed by atoms with Crippen molar-refractivity contribution in [3.05, 3.63) is 22.4 Å². The minimum atomic E-state index is 0.0661. The number of thiophene rings is 1. The maximum Gasteiger partial charge on any atom is 0.234 e. The maximum atomic E-state index is 11.5. The number of hydrogen-bond acceptors (Lipinski definition) is 3. The molecule has 3 nitrogen and oxygen atoms in total. The van der Waals surface area contributed by atoms with Gasteiger partial charge in [-0.25, -0.2) is 0 Å². The number of amides is 1. The summed E-state index contributed by atoms with van der Waals surface area (Å²) in [5.74, 6) is 0.539. The van der Waals surface area contributed by atoms with Gasteiger partial charge in [0.25, 0.3) is 0 Å². The summed E-state index contributed by atoms with van der Waals surface area (Å²) in [4.78, 5) is 11.5.